The van der Waals surface area contributed by atoms with Crippen molar-refractivity contribution in [1.29, 1.82) is 0 Å². The summed E-state index contributed by atoms with van der Waals surface area (Å²) in [5, 5.41) is 5.88. The number of halogens is 4. The number of urea groups is 1. The Bertz CT molecular complexity index is 1010. The molecule has 2 amide bonds. The maximum Gasteiger partial charge on any atom is 0.417 e. The van der Waals surface area contributed by atoms with Crippen LogP contribution in [0, 0.1) is 0 Å². The molecule has 0 unspecified atom stereocenters. The molecule has 0 saturated carbocycles. The SMILES string of the molecule is CC(C)(Cc1c[nH]c2ccccc12)NC(=O)Nc1ccc(Cl)c(C(F)(F)F)c1. The molecule has 0 aliphatic rings. The van der Waals surface area contributed by atoms with Gasteiger partial charge in [0, 0.05) is 28.3 Å². The first kappa shape index (κ1) is 20.1. The van der Waals surface area contributed by atoms with E-state index < -0.39 is 28.3 Å². The summed E-state index contributed by atoms with van der Waals surface area (Å²) in [6.45, 7) is 3.69. The molecule has 4 nitrogen and oxygen atoms in total. The summed E-state index contributed by atoms with van der Waals surface area (Å²) < 4.78 is 38.9. The highest BCUT2D eigenvalue weighted by atomic mass is 35.5. The maximum absolute atomic E-state index is 13.0. The maximum atomic E-state index is 13.0. The Balaban J connectivity index is 1.70. The molecule has 2 aromatic carbocycles. The van der Waals surface area contributed by atoms with E-state index in [2.05, 4.69) is 15.6 Å². The molecular formula is C20H19ClF3N3O. The molecule has 0 fully saturated rings. The first-order chi connectivity index (χ1) is 13.0. The summed E-state index contributed by atoms with van der Waals surface area (Å²) in [7, 11) is 0. The van der Waals surface area contributed by atoms with Crippen LogP contribution in [0.15, 0.2) is 48.7 Å². The lowest BCUT2D eigenvalue weighted by molar-refractivity contribution is -0.137. The van der Waals surface area contributed by atoms with Gasteiger partial charge in [-0.05, 0) is 50.1 Å². The van der Waals surface area contributed by atoms with Crippen molar-refractivity contribution in [2.75, 3.05) is 5.32 Å². The second-order valence-electron chi connectivity index (χ2n) is 7.19. The van der Waals surface area contributed by atoms with E-state index in [1.54, 1.807) is 0 Å². The van der Waals surface area contributed by atoms with Crippen molar-refractivity contribution in [3.8, 4) is 0 Å². The van der Waals surface area contributed by atoms with Gasteiger partial charge in [0.1, 0.15) is 0 Å². The molecule has 3 N–H and O–H groups in total. The van der Waals surface area contributed by atoms with Crippen LogP contribution in [0.4, 0.5) is 23.7 Å². The number of anilines is 1. The predicted molar refractivity (Wildman–Crippen MR) is 105 cm³/mol. The summed E-state index contributed by atoms with van der Waals surface area (Å²) in [5.74, 6) is 0. The molecule has 0 atom stereocenters. The van der Waals surface area contributed by atoms with Crippen LogP contribution in [0.25, 0.3) is 10.9 Å². The minimum absolute atomic E-state index is 0.0112. The molecule has 3 aromatic rings. The highest BCUT2D eigenvalue weighted by Gasteiger charge is 2.33. The minimum atomic E-state index is -4.60. The number of para-hydroxylation sites is 1. The molecule has 0 aliphatic carbocycles. The Morgan fingerprint density at radius 3 is 2.57 bits per heavy atom. The van der Waals surface area contributed by atoms with Gasteiger partial charge >= 0.3 is 12.2 Å². The number of amides is 2. The molecule has 3 rings (SSSR count). The Morgan fingerprint density at radius 2 is 1.86 bits per heavy atom. The first-order valence-corrected chi connectivity index (χ1v) is 8.94. The number of alkyl halides is 3. The molecule has 0 aliphatic heterocycles. The van der Waals surface area contributed by atoms with E-state index in [4.69, 9.17) is 11.6 Å². The molecule has 148 valence electrons. The molecule has 1 heterocycles. The second-order valence-corrected chi connectivity index (χ2v) is 7.60. The summed E-state index contributed by atoms with van der Waals surface area (Å²) in [4.78, 5) is 15.5. The average molecular weight is 410 g/mol. The predicted octanol–water partition coefficient (Wildman–Crippen LogP) is 5.98. The van der Waals surface area contributed by atoms with Crippen LogP contribution in [-0.2, 0) is 12.6 Å². The van der Waals surface area contributed by atoms with Gasteiger partial charge in [-0.3, -0.25) is 0 Å². The zero-order chi connectivity index (χ0) is 20.5. The van der Waals surface area contributed by atoms with Crippen LogP contribution < -0.4 is 10.6 Å². The van der Waals surface area contributed by atoms with Crippen molar-refractivity contribution in [2.45, 2.75) is 32.0 Å². The third-order valence-electron chi connectivity index (χ3n) is 4.29. The van der Waals surface area contributed by atoms with Crippen molar-refractivity contribution < 1.29 is 18.0 Å². The van der Waals surface area contributed by atoms with Crippen LogP contribution in [0.5, 0.6) is 0 Å². The van der Waals surface area contributed by atoms with E-state index in [1.165, 1.54) is 6.07 Å². The fourth-order valence-electron chi connectivity index (χ4n) is 3.09. The van der Waals surface area contributed by atoms with Crippen LogP contribution in [-0.4, -0.2) is 16.6 Å². The molecule has 0 bridgehead atoms. The molecule has 28 heavy (non-hydrogen) atoms. The standard InChI is InChI=1S/C20H19ClF3N3O/c1-19(2,10-12-11-25-17-6-4-3-5-14(12)17)27-18(28)26-13-7-8-16(21)15(9-13)20(22,23)24/h3-9,11,25H,10H2,1-2H3,(H2,26,27,28). The highest BCUT2D eigenvalue weighted by Crippen LogP contribution is 2.36. The average Bonchev–Trinajstić information content (AvgIpc) is 2.97. The van der Waals surface area contributed by atoms with E-state index in [0.717, 1.165) is 28.6 Å². The van der Waals surface area contributed by atoms with Crippen molar-refractivity contribution in [1.82, 2.24) is 10.3 Å². The minimum Gasteiger partial charge on any atom is -0.361 e. The zero-order valence-corrected chi connectivity index (χ0v) is 16.0. The number of hydrogen-bond acceptors (Lipinski definition) is 1. The van der Waals surface area contributed by atoms with E-state index >= 15 is 0 Å². The fourth-order valence-corrected chi connectivity index (χ4v) is 3.31. The molecular weight excluding hydrogens is 391 g/mol. The molecule has 0 saturated heterocycles. The Morgan fingerprint density at radius 1 is 1.14 bits per heavy atom. The van der Waals surface area contributed by atoms with Crippen LogP contribution >= 0.6 is 11.6 Å². The lowest BCUT2D eigenvalue weighted by Crippen LogP contribution is -2.47. The number of fused-ring (bicyclic) bond motifs is 1. The quantitative estimate of drug-likeness (QED) is 0.487. The van der Waals surface area contributed by atoms with Crippen LogP contribution in [0.3, 0.4) is 0 Å². The lowest BCUT2D eigenvalue weighted by atomic mass is 9.95. The van der Waals surface area contributed by atoms with Gasteiger partial charge in [0.2, 0.25) is 0 Å². The van der Waals surface area contributed by atoms with Gasteiger partial charge in [0.15, 0.2) is 0 Å². The van der Waals surface area contributed by atoms with Crippen molar-refractivity contribution >= 4 is 34.2 Å². The molecule has 1 aromatic heterocycles. The summed E-state index contributed by atoms with van der Waals surface area (Å²) in [6.07, 6.45) is -2.17. The largest absolute Gasteiger partial charge is 0.417 e. The smallest absolute Gasteiger partial charge is 0.361 e. The third kappa shape index (κ3) is 4.59. The number of nitrogens with one attached hydrogen (secondary N) is 3. The van der Waals surface area contributed by atoms with Crippen LogP contribution in [0.2, 0.25) is 5.02 Å². The number of carbonyl (C=O) groups excluding carboxylic acids is 1. The van der Waals surface area contributed by atoms with E-state index in [9.17, 15) is 18.0 Å². The number of carbonyl (C=O) groups is 1. The van der Waals surface area contributed by atoms with Crippen molar-refractivity contribution in [3.63, 3.8) is 0 Å². The number of rotatable bonds is 4. The Labute approximate surface area is 165 Å². The number of aromatic amines is 1. The number of hydrogen-bond donors (Lipinski definition) is 3. The summed E-state index contributed by atoms with van der Waals surface area (Å²) >= 11 is 5.60. The number of aromatic nitrogens is 1. The third-order valence-corrected chi connectivity index (χ3v) is 4.62. The summed E-state index contributed by atoms with van der Waals surface area (Å²) in [5.41, 5.74) is 0.418. The molecule has 8 heteroatoms. The topological polar surface area (TPSA) is 56.9 Å². The van der Waals surface area contributed by atoms with Crippen LogP contribution in [0.1, 0.15) is 25.0 Å². The normalized spacial score (nSPS) is 12.2. The van der Waals surface area contributed by atoms with Gasteiger partial charge in [-0.1, -0.05) is 29.8 Å². The van der Waals surface area contributed by atoms with E-state index in [1.807, 2.05) is 44.3 Å². The van der Waals surface area contributed by atoms with Crippen molar-refractivity contribution in [2.24, 2.45) is 0 Å². The monoisotopic (exact) mass is 409 g/mol. The fraction of sp³-hybridized carbons (Fsp3) is 0.250. The summed E-state index contributed by atoms with van der Waals surface area (Å²) in [6, 6.07) is 10.5. The zero-order valence-electron chi connectivity index (χ0n) is 15.2. The van der Waals surface area contributed by atoms with Gasteiger partial charge in [0.25, 0.3) is 0 Å². The lowest BCUT2D eigenvalue weighted by Gasteiger charge is -2.26. The molecule has 0 spiro atoms. The number of benzene rings is 2. The van der Waals surface area contributed by atoms with E-state index in [0.29, 0.717) is 6.42 Å². The van der Waals surface area contributed by atoms with Gasteiger partial charge in [-0.25, -0.2) is 4.79 Å². The van der Waals surface area contributed by atoms with Gasteiger partial charge in [-0.15, -0.1) is 0 Å². The van der Waals surface area contributed by atoms with Crippen molar-refractivity contribution in [3.05, 3.63) is 64.8 Å². The van der Waals surface area contributed by atoms with Gasteiger partial charge in [0.05, 0.1) is 10.6 Å². The number of H-pyrrole nitrogens is 1. The van der Waals surface area contributed by atoms with Gasteiger partial charge < -0.3 is 15.6 Å². The Kier molecular flexibility index (Phi) is 5.30. The van der Waals surface area contributed by atoms with Gasteiger partial charge in [-0.2, -0.15) is 13.2 Å². The highest BCUT2D eigenvalue weighted by molar-refractivity contribution is 6.31. The molecule has 0 radical (unpaired) electrons. The first-order valence-electron chi connectivity index (χ1n) is 8.56. The second kappa shape index (κ2) is 7.39. The Hall–Kier alpha value is -2.67. The van der Waals surface area contributed by atoms with E-state index in [-0.39, 0.29) is 5.69 Å².